The van der Waals surface area contributed by atoms with Gasteiger partial charge in [-0.05, 0) is 0 Å². The zero-order valence-electron chi connectivity index (χ0n) is 6.49. The summed E-state index contributed by atoms with van der Waals surface area (Å²) in [6.45, 7) is 1.20. The van der Waals surface area contributed by atoms with Gasteiger partial charge in [-0.15, -0.1) is 0 Å². The molecule has 6 heteroatoms. The minimum atomic E-state index is -3.25. The van der Waals surface area contributed by atoms with Crippen molar-refractivity contribution in [3.63, 3.8) is 0 Å². The fraction of sp³-hybridized carbons (Fsp3) is 0.833. The number of amides is 1. The van der Waals surface area contributed by atoms with Crippen LogP contribution in [0, 0.1) is 0 Å². The lowest BCUT2D eigenvalue weighted by atomic mass is 10.2. The van der Waals surface area contributed by atoms with Gasteiger partial charge in [0, 0.05) is 19.5 Å². The van der Waals surface area contributed by atoms with Gasteiger partial charge in [-0.3, -0.25) is 4.79 Å². The van der Waals surface area contributed by atoms with E-state index in [1.54, 1.807) is 0 Å². The van der Waals surface area contributed by atoms with E-state index in [2.05, 4.69) is 5.32 Å². The Morgan fingerprint density at radius 3 is 2.42 bits per heavy atom. The van der Waals surface area contributed by atoms with Crippen LogP contribution in [0.2, 0.25) is 0 Å². The fourth-order valence-corrected chi connectivity index (χ4v) is 3.08. The van der Waals surface area contributed by atoms with Crippen molar-refractivity contribution in [3.05, 3.63) is 0 Å². The number of carbonyl (C=O) groups excluding carboxylic acids is 1. The van der Waals surface area contributed by atoms with Crippen molar-refractivity contribution in [1.82, 2.24) is 9.62 Å². The highest BCUT2D eigenvalue weighted by Gasteiger charge is 2.42. The zero-order valence-corrected chi connectivity index (χ0v) is 7.30. The van der Waals surface area contributed by atoms with Crippen molar-refractivity contribution in [2.75, 3.05) is 18.8 Å². The molecule has 12 heavy (non-hydrogen) atoms. The number of hydrogen-bond acceptors (Lipinski definition) is 4. The van der Waals surface area contributed by atoms with E-state index in [0.29, 0.717) is 13.1 Å². The van der Waals surface area contributed by atoms with Crippen LogP contribution in [0.3, 0.4) is 0 Å². The summed E-state index contributed by atoms with van der Waals surface area (Å²) in [5.74, 6) is -0.260. The zero-order chi connectivity index (χ0) is 8.77. The Bertz CT molecular complexity index is 307. The Hall–Kier alpha value is -0.620. The predicted molar refractivity (Wildman–Crippen MR) is 41.9 cm³/mol. The first kappa shape index (κ1) is 8.00. The molecule has 1 N–H and O–H groups in total. The molecule has 0 aromatic carbocycles. The maximum absolute atomic E-state index is 11.3. The Balaban J connectivity index is 2.25. The largest absolute Gasteiger partial charge is 0.312 e. The van der Waals surface area contributed by atoms with Crippen LogP contribution < -0.4 is 5.32 Å². The number of nitrogens with one attached hydrogen (secondary N) is 1. The van der Waals surface area contributed by atoms with Gasteiger partial charge in [-0.25, -0.2) is 12.7 Å². The lowest BCUT2D eigenvalue weighted by Gasteiger charge is -2.33. The van der Waals surface area contributed by atoms with Gasteiger partial charge < -0.3 is 5.32 Å². The molecule has 1 amide bonds. The highest BCUT2D eigenvalue weighted by Crippen LogP contribution is 2.20. The van der Waals surface area contributed by atoms with Gasteiger partial charge in [0.2, 0.25) is 15.9 Å². The summed E-state index contributed by atoms with van der Waals surface area (Å²) >= 11 is 0. The smallest absolute Gasteiger partial charge is 0.238 e. The summed E-state index contributed by atoms with van der Waals surface area (Å²) in [4.78, 5) is 11.1. The third-order valence-corrected chi connectivity index (χ3v) is 4.03. The van der Waals surface area contributed by atoms with Crippen LogP contribution in [-0.4, -0.2) is 43.5 Å². The first-order valence-electron chi connectivity index (χ1n) is 3.87. The molecule has 0 aromatic heterocycles. The van der Waals surface area contributed by atoms with Crippen LogP contribution in [0.5, 0.6) is 0 Å². The molecule has 2 aliphatic rings. The molecular formula is C6H10N2O3S. The summed E-state index contributed by atoms with van der Waals surface area (Å²) in [5.41, 5.74) is 0. The third kappa shape index (κ3) is 1.02. The van der Waals surface area contributed by atoms with E-state index in [9.17, 15) is 13.2 Å². The molecule has 2 saturated heterocycles. The Morgan fingerprint density at radius 2 is 2.08 bits per heavy atom. The van der Waals surface area contributed by atoms with Gasteiger partial charge in [0.1, 0.15) is 0 Å². The van der Waals surface area contributed by atoms with E-state index in [4.69, 9.17) is 0 Å². The average molecular weight is 190 g/mol. The standard InChI is InChI=1S/C6H10N2O3S/c9-6-1-2-12(10,11)8(6)5-3-7-4-5/h5,7H,1-4H2. The highest BCUT2D eigenvalue weighted by molar-refractivity contribution is 7.90. The summed E-state index contributed by atoms with van der Waals surface area (Å²) in [6.07, 6.45) is 0.152. The third-order valence-electron chi connectivity index (χ3n) is 2.21. The maximum Gasteiger partial charge on any atom is 0.238 e. The Morgan fingerprint density at radius 1 is 1.42 bits per heavy atom. The molecule has 0 spiro atoms. The Kier molecular flexibility index (Phi) is 1.62. The summed E-state index contributed by atoms with van der Waals surface area (Å²) in [5, 5.41) is 2.94. The van der Waals surface area contributed by atoms with Crippen LogP contribution >= 0.6 is 0 Å². The molecule has 2 fully saturated rings. The number of nitrogens with zero attached hydrogens (tertiary/aromatic N) is 1. The molecule has 0 aliphatic carbocycles. The molecule has 5 nitrogen and oxygen atoms in total. The quantitative estimate of drug-likeness (QED) is 0.547. The monoisotopic (exact) mass is 190 g/mol. The number of carbonyl (C=O) groups is 1. The molecule has 0 aromatic rings. The second kappa shape index (κ2) is 2.43. The number of hydrogen-bond donors (Lipinski definition) is 1. The van der Waals surface area contributed by atoms with Gasteiger partial charge in [0.25, 0.3) is 0 Å². The topological polar surface area (TPSA) is 66.5 Å². The van der Waals surface area contributed by atoms with Crippen LogP contribution in [-0.2, 0) is 14.8 Å². The van der Waals surface area contributed by atoms with E-state index in [1.807, 2.05) is 0 Å². The summed E-state index contributed by atoms with van der Waals surface area (Å²) in [6, 6.07) is -0.120. The first-order chi connectivity index (χ1) is 5.61. The summed E-state index contributed by atoms with van der Waals surface area (Å²) in [7, 11) is -3.25. The molecule has 0 radical (unpaired) electrons. The van der Waals surface area contributed by atoms with Gasteiger partial charge in [-0.2, -0.15) is 0 Å². The molecule has 2 heterocycles. The average Bonchev–Trinajstić information content (AvgIpc) is 2.11. The van der Waals surface area contributed by atoms with Gasteiger partial charge in [0.05, 0.1) is 11.8 Å². The van der Waals surface area contributed by atoms with E-state index < -0.39 is 10.0 Å². The molecule has 0 unspecified atom stereocenters. The van der Waals surface area contributed by atoms with Crippen molar-refractivity contribution in [3.8, 4) is 0 Å². The van der Waals surface area contributed by atoms with Gasteiger partial charge >= 0.3 is 0 Å². The molecular weight excluding hydrogens is 180 g/mol. The Labute approximate surface area is 70.8 Å². The molecule has 2 rings (SSSR count). The second-order valence-corrected chi connectivity index (χ2v) is 5.03. The van der Waals surface area contributed by atoms with Gasteiger partial charge in [0.15, 0.2) is 0 Å². The highest BCUT2D eigenvalue weighted by atomic mass is 32.2. The van der Waals surface area contributed by atoms with E-state index in [0.717, 1.165) is 4.31 Å². The minimum Gasteiger partial charge on any atom is -0.312 e. The van der Waals surface area contributed by atoms with Crippen LogP contribution in [0.15, 0.2) is 0 Å². The fourth-order valence-electron chi connectivity index (χ4n) is 1.45. The maximum atomic E-state index is 11.3. The molecule has 0 atom stereocenters. The molecule has 0 bridgehead atoms. The summed E-state index contributed by atoms with van der Waals surface area (Å²) < 4.78 is 23.6. The van der Waals surface area contributed by atoms with Crippen molar-refractivity contribution in [2.45, 2.75) is 12.5 Å². The van der Waals surface area contributed by atoms with Crippen molar-refractivity contribution in [2.24, 2.45) is 0 Å². The molecule has 2 aliphatic heterocycles. The van der Waals surface area contributed by atoms with Crippen molar-refractivity contribution >= 4 is 15.9 Å². The molecule has 68 valence electrons. The van der Waals surface area contributed by atoms with Gasteiger partial charge in [-0.1, -0.05) is 0 Å². The first-order valence-corrected chi connectivity index (χ1v) is 5.48. The van der Waals surface area contributed by atoms with Crippen LogP contribution in [0.1, 0.15) is 6.42 Å². The van der Waals surface area contributed by atoms with E-state index in [-0.39, 0.29) is 24.1 Å². The van der Waals surface area contributed by atoms with Crippen molar-refractivity contribution < 1.29 is 13.2 Å². The van der Waals surface area contributed by atoms with Crippen LogP contribution in [0.25, 0.3) is 0 Å². The normalized spacial score (nSPS) is 29.0. The van der Waals surface area contributed by atoms with Crippen molar-refractivity contribution in [1.29, 1.82) is 0 Å². The lowest BCUT2D eigenvalue weighted by Crippen LogP contribution is -2.58. The second-order valence-electron chi connectivity index (χ2n) is 3.07. The SMILES string of the molecule is O=C1CCS(=O)(=O)N1C1CNC1. The number of sulfonamides is 1. The molecule has 0 saturated carbocycles. The lowest BCUT2D eigenvalue weighted by molar-refractivity contribution is -0.127. The minimum absolute atomic E-state index is 0.0116. The number of rotatable bonds is 1. The van der Waals surface area contributed by atoms with E-state index >= 15 is 0 Å². The van der Waals surface area contributed by atoms with Crippen LogP contribution in [0.4, 0.5) is 0 Å². The van der Waals surface area contributed by atoms with E-state index in [1.165, 1.54) is 0 Å². The predicted octanol–water partition coefficient (Wildman–Crippen LogP) is -1.48.